The van der Waals surface area contributed by atoms with Crippen LogP contribution in [0.5, 0.6) is 0 Å². The summed E-state index contributed by atoms with van der Waals surface area (Å²) in [7, 11) is 0. The summed E-state index contributed by atoms with van der Waals surface area (Å²) >= 11 is 0. The van der Waals surface area contributed by atoms with Gasteiger partial charge in [-0.25, -0.2) is 0 Å². The molecular weight excluding hydrogens is 238 g/mol. The van der Waals surface area contributed by atoms with Crippen molar-refractivity contribution >= 4 is 10.9 Å². The average molecular weight is 257 g/mol. The molecule has 2 heterocycles. The van der Waals surface area contributed by atoms with E-state index >= 15 is 0 Å². The number of hydrogen-bond donors (Lipinski definition) is 1. The molecule has 2 N–H and O–H groups in total. The van der Waals surface area contributed by atoms with Crippen LogP contribution in [0.2, 0.25) is 0 Å². The Morgan fingerprint density at radius 1 is 1.32 bits per heavy atom. The molecule has 1 unspecified atom stereocenters. The van der Waals surface area contributed by atoms with E-state index in [-0.39, 0.29) is 0 Å². The first kappa shape index (κ1) is 12.5. The lowest BCUT2D eigenvalue weighted by molar-refractivity contribution is -0.00775. The van der Waals surface area contributed by atoms with Gasteiger partial charge in [0.25, 0.3) is 0 Å². The lowest BCUT2D eigenvalue weighted by Crippen LogP contribution is -2.48. The maximum atomic E-state index is 5.83. The van der Waals surface area contributed by atoms with E-state index in [1.165, 1.54) is 10.9 Å². The van der Waals surface area contributed by atoms with Crippen LogP contribution >= 0.6 is 0 Å². The zero-order chi connectivity index (χ0) is 13.1. The van der Waals surface area contributed by atoms with Crippen LogP contribution in [0, 0.1) is 0 Å². The second kappa shape index (κ2) is 5.65. The maximum Gasteiger partial charge on any atom is 0.0705 e. The van der Waals surface area contributed by atoms with Gasteiger partial charge < -0.3 is 10.5 Å². The van der Waals surface area contributed by atoms with Crippen LogP contribution < -0.4 is 5.73 Å². The number of para-hydroxylation sites is 1. The highest BCUT2D eigenvalue weighted by molar-refractivity contribution is 5.81. The maximum absolute atomic E-state index is 5.83. The second-order valence-corrected chi connectivity index (χ2v) is 4.92. The van der Waals surface area contributed by atoms with Crippen molar-refractivity contribution in [2.45, 2.75) is 12.6 Å². The Balaban J connectivity index is 1.88. The largest absolute Gasteiger partial charge is 0.378 e. The van der Waals surface area contributed by atoms with Gasteiger partial charge in [0.2, 0.25) is 0 Å². The second-order valence-electron chi connectivity index (χ2n) is 4.92. The number of hydrogen-bond acceptors (Lipinski definition) is 4. The van der Waals surface area contributed by atoms with Gasteiger partial charge in [-0.05, 0) is 17.7 Å². The van der Waals surface area contributed by atoms with E-state index in [4.69, 9.17) is 10.5 Å². The highest BCUT2D eigenvalue weighted by Crippen LogP contribution is 2.19. The molecule has 4 nitrogen and oxygen atoms in total. The molecule has 0 spiro atoms. The summed E-state index contributed by atoms with van der Waals surface area (Å²) in [4.78, 5) is 6.81. The molecule has 2 aromatic rings. The highest BCUT2D eigenvalue weighted by atomic mass is 16.5. The van der Waals surface area contributed by atoms with Crippen molar-refractivity contribution in [3.05, 3.63) is 42.1 Å². The van der Waals surface area contributed by atoms with Crippen LogP contribution in [0.4, 0.5) is 0 Å². The fourth-order valence-corrected chi connectivity index (χ4v) is 2.63. The monoisotopic (exact) mass is 257 g/mol. The van der Waals surface area contributed by atoms with Crippen LogP contribution in [-0.2, 0) is 11.3 Å². The van der Waals surface area contributed by atoms with Gasteiger partial charge in [-0.15, -0.1) is 0 Å². The van der Waals surface area contributed by atoms with Crippen LogP contribution in [-0.4, -0.2) is 42.2 Å². The van der Waals surface area contributed by atoms with Gasteiger partial charge in [-0.3, -0.25) is 9.88 Å². The van der Waals surface area contributed by atoms with Gasteiger partial charge in [0.15, 0.2) is 0 Å². The van der Waals surface area contributed by atoms with E-state index in [1.807, 2.05) is 12.3 Å². The van der Waals surface area contributed by atoms with Crippen molar-refractivity contribution in [3.63, 3.8) is 0 Å². The predicted octanol–water partition coefficient (Wildman–Crippen LogP) is 1.39. The Morgan fingerprint density at radius 3 is 3.11 bits per heavy atom. The Bertz CT molecular complexity index is 553. The number of morpholine rings is 1. The topological polar surface area (TPSA) is 51.4 Å². The number of nitrogens with two attached hydrogens (primary N) is 1. The fraction of sp³-hybridized carbons (Fsp3) is 0.400. The minimum Gasteiger partial charge on any atom is -0.378 e. The van der Waals surface area contributed by atoms with Crippen LogP contribution in [0.3, 0.4) is 0 Å². The molecule has 0 radical (unpaired) electrons. The number of pyridine rings is 1. The van der Waals surface area contributed by atoms with Gasteiger partial charge in [0, 0.05) is 37.3 Å². The Hall–Kier alpha value is -1.49. The van der Waals surface area contributed by atoms with Crippen LogP contribution in [0.15, 0.2) is 36.5 Å². The molecule has 4 heteroatoms. The molecule has 100 valence electrons. The lowest BCUT2D eigenvalue weighted by atomic mass is 10.1. The molecular formula is C15H19N3O. The van der Waals surface area contributed by atoms with Gasteiger partial charge in [0.1, 0.15) is 0 Å². The molecule has 3 rings (SSSR count). The van der Waals surface area contributed by atoms with Gasteiger partial charge in [0.05, 0.1) is 18.7 Å². The zero-order valence-corrected chi connectivity index (χ0v) is 11.0. The van der Waals surface area contributed by atoms with Crippen molar-refractivity contribution in [2.75, 3.05) is 26.3 Å². The molecule has 1 aromatic heterocycles. The van der Waals surface area contributed by atoms with E-state index in [1.54, 1.807) is 0 Å². The molecule has 0 bridgehead atoms. The third-order valence-corrected chi connectivity index (χ3v) is 3.73. The van der Waals surface area contributed by atoms with Crippen molar-refractivity contribution in [1.82, 2.24) is 9.88 Å². The van der Waals surface area contributed by atoms with Crippen LogP contribution in [0.25, 0.3) is 10.9 Å². The third-order valence-electron chi connectivity index (χ3n) is 3.73. The summed E-state index contributed by atoms with van der Waals surface area (Å²) in [6.07, 6.45) is 1.88. The molecule has 1 fully saturated rings. The Morgan fingerprint density at radius 2 is 2.21 bits per heavy atom. The Labute approximate surface area is 113 Å². The summed E-state index contributed by atoms with van der Waals surface area (Å²) in [6.45, 7) is 4.02. The van der Waals surface area contributed by atoms with Crippen molar-refractivity contribution in [3.8, 4) is 0 Å². The molecule has 1 aliphatic heterocycles. The van der Waals surface area contributed by atoms with Crippen molar-refractivity contribution < 1.29 is 4.74 Å². The molecule has 1 aromatic carbocycles. The van der Waals surface area contributed by atoms with Gasteiger partial charge >= 0.3 is 0 Å². The number of fused-ring (bicyclic) bond motifs is 1. The van der Waals surface area contributed by atoms with E-state index in [2.05, 4.69) is 34.1 Å². The predicted molar refractivity (Wildman–Crippen MR) is 75.8 cm³/mol. The first-order valence-corrected chi connectivity index (χ1v) is 6.73. The summed E-state index contributed by atoms with van der Waals surface area (Å²) in [5.41, 5.74) is 8.19. The fourth-order valence-electron chi connectivity index (χ4n) is 2.63. The summed E-state index contributed by atoms with van der Waals surface area (Å²) in [6, 6.07) is 10.7. The SMILES string of the molecule is NCC1COCCN1Cc1ccnc2ccccc12. The number of nitrogens with zero attached hydrogens (tertiary/aromatic N) is 2. The minimum atomic E-state index is 0.320. The quantitative estimate of drug-likeness (QED) is 0.903. The molecule has 1 aliphatic rings. The van der Waals surface area contributed by atoms with Gasteiger partial charge in [-0.1, -0.05) is 18.2 Å². The summed E-state index contributed by atoms with van der Waals surface area (Å²) in [5, 5.41) is 1.23. The highest BCUT2D eigenvalue weighted by Gasteiger charge is 2.22. The smallest absolute Gasteiger partial charge is 0.0705 e. The first-order chi connectivity index (χ1) is 9.38. The van der Waals surface area contributed by atoms with Crippen LogP contribution in [0.1, 0.15) is 5.56 Å². The number of rotatable bonds is 3. The van der Waals surface area contributed by atoms with Gasteiger partial charge in [-0.2, -0.15) is 0 Å². The zero-order valence-electron chi connectivity index (χ0n) is 11.0. The molecule has 1 atom stereocenters. The lowest BCUT2D eigenvalue weighted by Gasteiger charge is -2.35. The number of aromatic nitrogens is 1. The minimum absolute atomic E-state index is 0.320. The Kier molecular flexibility index (Phi) is 3.73. The molecule has 1 saturated heterocycles. The van der Waals surface area contributed by atoms with E-state index in [0.717, 1.165) is 31.8 Å². The molecule has 0 aliphatic carbocycles. The number of benzene rings is 1. The summed E-state index contributed by atoms with van der Waals surface area (Å²) < 4.78 is 5.49. The molecule has 19 heavy (non-hydrogen) atoms. The summed E-state index contributed by atoms with van der Waals surface area (Å²) in [5.74, 6) is 0. The number of ether oxygens (including phenoxy) is 1. The van der Waals surface area contributed by atoms with E-state index < -0.39 is 0 Å². The molecule has 0 amide bonds. The van der Waals surface area contributed by atoms with E-state index in [0.29, 0.717) is 12.6 Å². The standard InChI is InChI=1S/C15H19N3O/c16-9-13-11-19-8-7-18(13)10-12-5-6-17-15-4-2-1-3-14(12)15/h1-6,13H,7-11,16H2. The average Bonchev–Trinajstić information content (AvgIpc) is 2.48. The van der Waals surface area contributed by atoms with E-state index in [9.17, 15) is 0 Å². The van der Waals surface area contributed by atoms with Crippen molar-refractivity contribution in [2.24, 2.45) is 5.73 Å². The van der Waals surface area contributed by atoms with Crippen molar-refractivity contribution in [1.29, 1.82) is 0 Å². The normalized spacial score (nSPS) is 20.8. The molecule has 0 saturated carbocycles. The first-order valence-electron chi connectivity index (χ1n) is 6.73. The third kappa shape index (κ3) is 2.61.